The minimum absolute atomic E-state index is 0.457. The minimum Gasteiger partial charge on any atom is -0.192 e. The van der Waals surface area contributed by atoms with Gasteiger partial charge in [-0.05, 0) is 46.4 Å². The van der Waals surface area contributed by atoms with E-state index in [1.807, 2.05) is 48.5 Å². The molecule has 0 aliphatic rings. The zero-order valence-electron chi connectivity index (χ0n) is 9.70. The van der Waals surface area contributed by atoms with E-state index in [9.17, 15) is 5.26 Å². The van der Waals surface area contributed by atoms with Crippen LogP contribution in [0.3, 0.4) is 0 Å². The van der Waals surface area contributed by atoms with Crippen molar-refractivity contribution in [3.05, 3.63) is 67.7 Å². The van der Waals surface area contributed by atoms with Crippen molar-refractivity contribution < 1.29 is 0 Å². The molecule has 2 aromatic rings. The summed E-state index contributed by atoms with van der Waals surface area (Å²) in [6.45, 7) is 0. The Morgan fingerprint density at radius 2 is 1.84 bits per heavy atom. The molecule has 0 aliphatic carbocycles. The fourth-order valence-electron chi connectivity index (χ4n) is 1.65. The van der Waals surface area contributed by atoms with E-state index in [4.69, 9.17) is 11.6 Å². The second kappa shape index (κ2) is 6.56. The summed E-state index contributed by atoms with van der Waals surface area (Å²) in [7, 11) is 0. The molecule has 0 atom stereocenters. The maximum absolute atomic E-state index is 9.36. The average Bonchev–Trinajstić information content (AvgIpc) is 2.43. The lowest BCUT2D eigenvalue weighted by molar-refractivity contribution is 1.51. The molecule has 0 aliphatic heterocycles. The van der Waals surface area contributed by atoms with E-state index < -0.39 is 0 Å². The van der Waals surface area contributed by atoms with Crippen LogP contribution in [-0.2, 0) is 0 Å². The number of nitriles is 1. The summed E-state index contributed by atoms with van der Waals surface area (Å²) < 4.78 is 1.95. The summed E-state index contributed by atoms with van der Waals surface area (Å²) in [5.74, 6) is 0. The number of nitrogens with zero attached hydrogens (tertiary/aromatic N) is 1. The molecule has 1 nitrogen and oxygen atoms in total. The summed E-state index contributed by atoms with van der Waals surface area (Å²) >= 11 is 12.1. The highest BCUT2D eigenvalue weighted by atomic mass is 127. The number of rotatable bonds is 2. The van der Waals surface area contributed by atoms with Gasteiger partial charge in [-0.25, -0.2) is 0 Å². The molecule has 0 saturated heterocycles. The van der Waals surface area contributed by atoms with Crippen LogP contribution in [0.4, 0.5) is 0 Å². The fourth-order valence-corrected chi connectivity index (χ4v) is 3.00. The van der Waals surface area contributed by atoms with Crippen molar-refractivity contribution in [3.8, 4) is 6.07 Å². The lowest BCUT2D eigenvalue weighted by Crippen LogP contribution is -1.88. The maximum Gasteiger partial charge on any atom is 0.101 e. The van der Waals surface area contributed by atoms with Crippen molar-refractivity contribution in [2.75, 3.05) is 0 Å². The zero-order valence-corrected chi connectivity index (χ0v) is 14.2. The van der Waals surface area contributed by atoms with E-state index in [1.54, 1.807) is 0 Å². The third kappa shape index (κ3) is 3.38. The van der Waals surface area contributed by atoms with E-state index in [-0.39, 0.29) is 0 Å². The summed E-state index contributed by atoms with van der Waals surface area (Å²) in [6.07, 6.45) is 0. The van der Waals surface area contributed by atoms with Crippen LogP contribution in [0, 0.1) is 14.9 Å². The second-order valence-electron chi connectivity index (χ2n) is 3.79. The maximum atomic E-state index is 9.36. The van der Waals surface area contributed by atoms with Crippen LogP contribution in [0.25, 0.3) is 10.6 Å². The average molecular weight is 444 g/mol. The van der Waals surface area contributed by atoms with Gasteiger partial charge in [-0.15, -0.1) is 0 Å². The molecule has 0 heterocycles. The predicted octanol–water partition coefficient (Wildman–Crippen LogP) is 5.68. The summed E-state index contributed by atoms with van der Waals surface area (Å²) in [5.41, 5.74) is 2.12. The van der Waals surface area contributed by atoms with E-state index in [1.165, 1.54) is 0 Å². The van der Waals surface area contributed by atoms with Crippen LogP contribution < -0.4 is 0 Å². The van der Waals surface area contributed by atoms with E-state index in [2.05, 4.69) is 44.6 Å². The highest BCUT2D eigenvalue weighted by Crippen LogP contribution is 2.34. The second-order valence-corrected chi connectivity index (χ2v) is 6.27. The molecule has 0 aromatic heterocycles. The van der Waals surface area contributed by atoms with Gasteiger partial charge < -0.3 is 0 Å². The number of allylic oxidation sites excluding steroid dienone is 1. The van der Waals surface area contributed by atoms with Crippen LogP contribution in [0.2, 0.25) is 0 Å². The molecule has 2 aromatic carbocycles. The molecule has 0 saturated carbocycles. The smallest absolute Gasteiger partial charge is 0.101 e. The largest absolute Gasteiger partial charge is 0.192 e. The molecule has 0 radical (unpaired) electrons. The first-order valence-electron chi connectivity index (χ1n) is 5.44. The van der Waals surface area contributed by atoms with Gasteiger partial charge in [0.25, 0.3) is 0 Å². The van der Waals surface area contributed by atoms with Gasteiger partial charge >= 0.3 is 0 Å². The fraction of sp³-hybridized carbons (Fsp3) is 0. The standard InChI is InChI=1S/C15H8BrClIN/c16-14-7-6-11(18)8-12(14)15(17)13(9-19)10-4-2-1-3-5-10/h1-8H/b15-13-. The lowest BCUT2D eigenvalue weighted by Gasteiger charge is -2.07. The van der Waals surface area contributed by atoms with E-state index in [0.29, 0.717) is 10.6 Å². The van der Waals surface area contributed by atoms with Gasteiger partial charge in [0.2, 0.25) is 0 Å². The first-order valence-corrected chi connectivity index (χ1v) is 7.69. The normalized spacial score (nSPS) is 11.7. The molecular formula is C15H8BrClIN. The van der Waals surface area contributed by atoms with Gasteiger partial charge in [-0.3, -0.25) is 0 Å². The van der Waals surface area contributed by atoms with Crippen LogP contribution >= 0.6 is 50.1 Å². The topological polar surface area (TPSA) is 23.8 Å². The Balaban J connectivity index is 2.62. The lowest BCUT2D eigenvalue weighted by atomic mass is 10.0. The first kappa shape index (κ1) is 14.6. The van der Waals surface area contributed by atoms with Crippen LogP contribution in [0.1, 0.15) is 11.1 Å². The van der Waals surface area contributed by atoms with Crippen molar-refractivity contribution in [1.29, 1.82) is 5.26 Å². The molecular weight excluding hydrogens is 436 g/mol. The molecule has 0 amide bonds. The van der Waals surface area contributed by atoms with Gasteiger partial charge in [0.05, 0.1) is 10.6 Å². The van der Waals surface area contributed by atoms with Gasteiger partial charge in [-0.2, -0.15) is 5.26 Å². The molecule has 0 unspecified atom stereocenters. The predicted molar refractivity (Wildman–Crippen MR) is 91.6 cm³/mol. The van der Waals surface area contributed by atoms with Crippen molar-refractivity contribution in [1.82, 2.24) is 0 Å². The zero-order chi connectivity index (χ0) is 13.8. The Morgan fingerprint density at radius 1 is 1.16 bits per heavy atom. The number of hydrogen-bond acceptors (Lipinski definition) is 1. The Hall–Kier alpha value is -0.830. The Kier molecular flexibility index (Phi) is 5.03. The van der Waals surface area contributed by atoms with Gasteiger partial charge in [0.1, 0.15) is 6.07 Å². The summed E-state index contributed by atoms with van der Waals surface area (Å²) in [5, 5.41) is 9.82. The van der Waals surface area contributed by atoms with Gasteiger partial charge in [0.15, 0.2) is 0 Å². The van der Waals surface area contributed by atoms with E-state index in [0.717, 1.165) is 19.2 Å². The minimum atomic E-state index is 0.457. The monoisotopic (exact) mass is 443 g/mol. The van der Waals surface area contributed by atoms with Crippen molar-refractivity contribution in [3.63, 3.8) is 0 Å². The van der Waals surface area contributed by atoms with Gasteiger partial charge in [0, 0.05) is 13.6 Å². The van der Waals surface area contributed by atoms with Crippen molar-refractivity contribution >= 4 is 60.7 Å². The number of benzene rings is 2. The highest BCUT2D eigenvalue weighted by molar-refractivity contribution is 14.1. The number of hydrogen-bond donors (Lipinski definition) is 0. The molecule has 94 valence electrons. The summed E-state index contributed by atoms with van der Waals surface area (Å²) in [4.78, 5) is 0. The Labute approximate surface area is 139 Å². The van der Waals surface area contributed by atoms with Crippen molar-refractivity contribution in [2.45, 2.75) is 0 Å². The van der Waals surface area contributed by atoms with Crippen LogP contribution in [0.5, 0.6) is 0 Å². The van der Waals surface area contributed by atoms with Crippen LogP contribution in [0.15, 0.2) is 53.0 Å². The molecule has 0 fully saturated rings. The molecule has 2 rings (SSSR count). The summed E-state index contributed by atoms with van der Waals surface area (Å²) in [6, 6.07) is 17.5. The molecule has 0 spiro atoms. The van der Waals surface area contributed by atoms with E-state index >= 15 is 0 Å². The molecule has 4 heteroatoms. The number of halogens is 3. The Bertz CT molecular complexity index is 674. The first-order chi connectivity index (χ1) is 9.13. The molecule has 0 bridgehead atoms. The highest BCUT2D eigenvalue weighted by Gasteiger charge is 2.12. The van der Waals surface area contributed by atoms with Gasteiger partial charge in [-0.1, -0.05) is 57.9 Å². The van der Waals surface area contributed by atoms with Crippen LogP contribution in [-0.4, -0.2) is 0 Å². The van der Waals surface area contributed by atoms with Crippen molar-refractivity contribution in [2.24, 2.45) is 0 Å². The molecule has 19 heavy (non-hydrogen) atoms. The molecule has 0 N–H and O–H groups in total. The quantitative estimate of drug-likeness (QED) is 0.332. The third-order valence-corrected chi connectivity index (χ3v) is 4.31. The Morgan fingerprint density at radius 3 is 2.47 bits per heavy atom. The SMILES string of the molecule is N#C/C(=C(/Cl)c1cc(I)ccc1Br)c1ccccc1. The third-order valence-electron chi connectivity index (χ3n) is 2.56.